The number of benzene rings is 1. The predicted molar refractivity (Wildman–Crippen MR) is 61.6 cm³/mol. The summed E-state index contributed by atoms with van der Waals surface area (Å²) in [6.45, 7) is 8.99. The Balaban J connectivity index is 0.00000169. The fourth-order valence-electron chi connectivity index (χ4n) is 1.39. The third-order valence-corrected chi connectivity index (χ3v) is 3.02. The zero-order valence-electron chi connectivity index (χ0n) is 9.91. The van der Waals surface area contributed by atoms with Crippen LogP contribution in [0.25, 0.3) is 4.98 Å². The number of hydrogen-bond acceptors (Lipinski definition) is 0. The standard InChI is InChI=1S/C11H18NSi.Li/c1-10(12-13(2,3)4)11-8-6-5-7-9-11;/h5-10H,1-4H3;/q-1;+1/t10-;/m1./s1. The van der Waals surface area contributed by atoms with E-state index in [0.29, 0.717) is 6.04 Å². The van der Waals surface area contributed by atoms with E-state index in [0.717, 1.165) is 0 Å². The summed E-state index contributed by atoms with van der Waals surface area (Å²) in [5, 5.41) is 0. The third-order valence-electron chi connectivity index (χ3n) is 1.86. The van der Waals surface area contributed by atoms with Crippen molar-refractivity contribution in [3.8, 4) is 0 Å². The Hall–Kier alpha value is -0.00571. The van der Waals surface area contributed by atoms with Gasteiger partial charge in [-0.25, -0.2) is 0 Å². The van der Waals surface area contributed by atoms with Gasteiger partial charge in [-0.2, -0.15) is 0 Å². The van der Waals surface area contributed by atoms with Crippen molar-refractivity contribution in [2.45, 2.75) is 32.6 Å². The molecule has 0 aromatic heterocycles. The van der Waals surface area contributed by atoms with Crippen LogP contribution in [0.1, 0.15) is 18.5 Å². The maximum absolute atomic E-state index is 4.82. The number of rotatable bonds is 3. The van der Waals surface area contributed by atoms with Crippen LogP contribution in [-0.4, -0.2) is 8.24 Å². The summed E-state index contributed by atoms with van der Waals surface area (Å²) in [6, 6.07) is 10.8. The summed E-state index contributed by atoms with van der Waals surface area (Å²) in [5.41, 5.74) is 1.32. The summed E-state index contributed by atoms with van der Waals surface area (Å²) in [6.07, 6.45) is 0. The van der Waals surface area contributed by atoms with Gasteiger partial charge in [0, 0.05) is 0 Å². The summed E-state index contributed by atoms with van der Waals surface area (Å²) >= 11 is 0. The van der Waals surface area contributed by atoms with Crippen LogP contribution in [0.3, 0.4) is 0 Å². The largest absolute Gasteiger partial charge is 1.00 e. The van der Waals surface area contributed by atoms with Crippen LogP contribution in [0.15, 0.2) is 30.3 Å². The molecule has 0 unspecified atom stereocenters. The van der Waals surface area contributed by atoms with Crippen LogP contribution in [0.4, 0.5) is 0 Å². The van der Waals surface area contributed by atoms with E-state index in [-0.39, 0.29) is 18.9 Å². The van der Waals surface area contributed by atoms with Gasteiger partial charge in [0.05, 0.1) is 0 Å². The molecule has 0 saturated heterocycles. The van der Waals surface area contributed by atoms with Crippen LogP contribution in [0, 0.1) is 0 Å². The van der Waals surface area contributed by atoms with Crippen molar-refractivity contribution >= 4 is 8.24 Å². The Bertz CT molecular complexity index is 256. The molecule has 0 bridgehead atoms. The fourth-order valence-corrected chi connectivity index (χ4v) is 2.70. The number of hydrogen-bond donors (Lipinski definition) is 0. The molecule has 0 aliphatic heterocycles. The van der Waals surface area contributed by atoms with E-state index in [1.165, 1.54) is 5.56 Å². The SMILES string of the molecule is C[C@@H]([N-][Si](C)(C)C)c1ccccc1.[Li+]. The molecule has 0 aliphatic carbocycles. The van der Waals surface area contributed by atoms with E-state index in [1.54, 1.807) is 0 Å². The van der Waals surface area contributed by atoms with Gasteiger partial charge in [-0.3, -0.25) is 0 Å². The minimum atomic E-state index is -1.28. The molecule has 3 heteroatoms. The first-order chi connectivity index (χ1) is 5.99. The average molecular weight is 199 g/mol. The first-order valence-corrected chi connectivity index (χ1v) is 8.21. The molecule has 0 spiro atoms. The minimum Gasteiger partial charge on any atom is -0.659 e. The summed E-state index contributed by atoms with van der Waals surface area (Å²) in [7, 11) is -1.28. The topological polar surface area (TPSA) is 14.1 Å². The van der Waals surface area contributed by atoms with Gasteiger partial charge in [-0.15, -0.1) is 6.04 Å². The summed E-state index contributed by atoms with van der Waals surface area (Å²) in [4.78, 5) is 4.82. The molecule has 0 aliphatic rings. The van der Waals surface area contributed by atoms with Crippen molar-refractivity contribution in [2.75, 3.05) is 0 Å². The quantitative estimate of drug-likeness (QED) is 0.644. The molecule has 1 rings (SSSR count). The van der Waals surface area contributed by atoms with Crippen LogP contribution in [0.5, 0.6) is 0 Å². The van der Waals surface area contributed by atoms with Crippen molar-refractivity contribution in [3.63, 3.8) is 0 Å². The van der Waals surface area contributed by atoms with Crippen LogP contribution < -0.4 is 18.9 Å². The molecule has 72 valence electrons. The Morgan fingerprint density at radius 1 is 1.07 bits per heavy atom. The van der Waals surface area contributed by atoms with Crippen LogP contribution >= 0.6 is 0 Å². The summed E-state index contributed by atoms with van der Waals surface area (Å²) in [5.74, 6) is 0. The van der Waals surface area contributed by atoms with E-state index in [4.69, 9.17) is 4.98 Å². The Kier molecular flexibility index (Phi) is 5.77. The van der Waals surface area contributed by atoms with E-state index < -0.39 is 8.24 Å². The van der Waals surface area contributed by atoms with Gasteiger partial charge in [0.25, 0.3) is 0 Å². The molecule has 0 saturated carbocycles. The van der Waals surface area contributed by atoms with Crippen molar-refractivity contribution in [3.05, 3.63) is 40.9 Å². The van der Waals surface area contributed by atoms with E-state index in [1.807, 2.05) is 6.07 Å². The Labute approximate surface area is 101 Å². The van der Waals surface area contributed by atoms with E-state index >= 15 is 0 Å². The second-order valence-corrected chi connectivity index (χ2v) is 8.99. The molecule has 14 heavy (non-hydrogen) atoms. The first kappa shape index (κ1) is 14.0. The maximum Gasteiger partial charge on any atom is 1.00 e. The first-order valence-electron chi connectivity index (χ1n) is 4.76. The summed E-state index contributed by atoms with van der Waals surface area (Å²) < 4.78 is 0. The average Bonchev–Trinajstić information content (AvgIpc) is 2.03. The molecule has 0 amide bonds. The molecular weight excluding hydrogens is 181 g/mol. The molecule has 1 atom stereocenters. The molecular formula is C11H18LiNSi. The van der Waals surface area contributed by atoms with Gasteiger partial charge in [0.15, 0.2) is 0 Å². The molecule has 0 N–H and O–H groups in total. The zero-order valence-corrected chi connectivity index (χ0v) is 10.9. The van der Waals surface area contributed by atoms with E-state index in [9.17, 15) is 0 Å². The van der Waals surface area contributed by atoms with Gasteiger partial charge in [-0.1, -0.05) is 70.7 Å². The van der Waals surface area contributed by atoms with Crippen molar-refractivity contribution in [1.29, 1.82) is 0 Å². The molecule has 0 heterocycles. The van der Waals surface area contributed by atoms with Gasteiger partial charge in [0.2, 0.25) is 0 Å². The maximum atomic E-state index is 4.82. The van der Waals surface area contributed by atoms with Gasteiger partial charge >= 0.3 is 18.9 Å². The third kappa shape index (κ3) is 5.02. The van der Waals surface area contributed by atoms with Gasteiger partial charge in [0.1, 0.15) is 0 Å². The second-order valence-electron chi connectivity index (χ2n) is 4.39. The van der Waals surface area contributed by atoms with E-state index in [2.05, 4.69) is 50.8 Å². The van der Waals surface area contributed by atoms with Crippen molar-refractivity contribution < 1.29 is 18.9 Å². The van der Waals surface area contributed by atoms with Crippen LogP contribution in [0.2, 0.25) is 19.6 Å². The Morgan fingerprint density at radius 2 is 1.57 bits per heavy atom. The molecule has 1 aromatic rings. The van der Waals surface area contributed by atoms with Gasteiger partial charge < -0.3 is 4.98 Å². The fraction of sp³-hybridized carbons (Fsp3) is 0.455. The smallest absolute Gasteiger partial charge is 0.659 e. The molecule has 0 radical (unpaired) electrons. The van der Waals surface area contributed by atoms with Crippen LogP contribution in [-0.2, 0) is 0 Å². The Morgan fingerprint density at radius 3 is 2.00 bits per heavy atom. The van der Waals surface area contributed by atoms with Crippen molar-refractivity contribution in [1.82, 2.24) is 0 Å². The second kappa shape index (κ2) is 5.77. The minimum absolute atomic E-state index is 0. The molecule has 1 nitrogen and oxygen atoms in total. The molecule has 0 fully saturated rings. The monoisotopic (exact) mass is 199 g/mol. The normalized spacial score (nSPS) is 13.1. The van der Waals surface area contributed by atoms with Gasteiger partial charge in [-0.05, 0) is 0 Å². The zero-order chi connectivity index (χ0) is 9.90. The molecule has 1 aromatic carbocycles. The van der Waals surface area contributed by atoms with Crippen molar-refractivity contribution in [2.24, 2.45) is 0 Å². The predicted octanol–water partition coefficient (Wildman–Crippen LogP) is 0.960. The number of nitrogens with zero attached hydrogens (tertiary/aromatic N) is 1.